The number of benzene rings is 1. The Bertz CT molecular complexity index is 399. The highest BCUT2D eigenvalue weighted by atomic mass is 16.5. The molecule has 0 heterocycles. The quantitative estimate of drug-likeness (QED) is 0.840. The minimum atomic E-state index is 0.362. The minimum absolute atomic E-state index is 0.362. The van der Waals surface area contributed by atoms with Gasteiger partial charge in [-0.05, 0) is 43.7 Å². The van der Waals surface area contributed by atoms with Crippen LogP contribution in [0.4, 0.5) is 0 Å². The molecule has 2 aliphatic rings. The Morgan fingerprint density at radius 1 is 1.38 bits per heavy atom. The molecular weight excluding hydrogens is 198 g/mol. The SMILES string of the molecule is COc1ccccc1C1(C2CC2)CC1CN. The number of hydrogen-bond donors (Lipinski definition) is 1. The van der Waals surface area contributed by atoms with Gasteiger partial charge in [0.2, 0.25) is 0 Å². The van der Waals surface area contributed by atoms with Crippen molar-refractivity contribution in [1.82, 2.24) is 0 Å². The highest BCUT2D eigenvalue weighted by Crippen LogP contribution is 2.67. The molecule has 0 bridgehead atoms. The van der Waals surface area contributed by atoms with Crippen LogP contribution >= 0.6 is 0 Å². The summed E-state index contributed by atoms with van der Waals surface area (Å²) in [5.74, 6) is 2.58. The zero-order valence-corrected chi connectivity index (χ0v) is 9.78. The zero-order chi connectivity index (χ0) is 11.2. The summed E-state index contributed by atoms with van der Waals surface area (Å²) in [4.78, 5) is 0. The molecule has 0 saturated heterocycles. The summed E-state index contributed by atoms with van der Waals surface area (Å²) in [7, 11) is 1.76. The van der Waals surface area contributed by atoms with Crippen LogP contribution in [0, 0.1) is 11.8 Å². The molecule has 2 heteroatoms. The second kappa shape index (κ2) is 3.49. The van der Waals surface area contributed by atoms with E-state index in [0.29, 0.717) is 11.3 Å². The van der Waals surface area contributed by atoms with Crippen LogP contribution in [-0.2, 0) is 5.41 Å². The maximum Gasteiger partial charge on any atom is 0.122 e. The fourth-order valence-electron chi connectivity index (χ4n) is 3.32. The van der Waals surface area contributed by atoms with E-state index in [-0.39, 0.29) is 0 Å². The Hall–Kier alpha value is -1.02. The maximum atomic E-state index is 5.86. The van der Waals surface area contributed by atoms with Gasteiger partial charge in [0.1, 0.15) is 5.75 Å². The molecule has 2 N–H and O–H groups in total. The average molecular weight is 217 g/mol. The number of nitrogens with two attached hydrogens (primary N) is 1. The number of para-hydroxylation sites is 1. The molecule has 2 atom stereocenters. The Labute approximate surface area is 96.8 Å². The largest absolute Gasteiger partial charge is 0.496 e. The van der Waals surface area contributed by atoms with Gasteiger partial charge in [0, 0.05) is 11.0 Å². The van der Waals surface area contributed by atoms with Gasteiger partial charge in [0.15, 0.2) is 0 Å². The molecule has 0 aliphatic heterocycles. The van der Waals surface area contributed by atoms with Crippen molar-refractivity contribution in [2.24, 2.45) is 17.6 Å². The predicted molar refractivity (Wildman–Crippen MR) is 64.6 cm³/mol. The molecule has 16 heavy (non-hydrogen) atoms. The van der Waals surface area contributed by atoms with Crippen LogP contribution in [0.25, 0.3) is 0 Å². The van der Waals surface area contributed by atoms with Gasteiger partial charge in [-0.2, -0.15) is 0 Å². The molecule has 0 amide bonds. The molecule has 2 nitrogen and oxygen atoms in total. The van der Waals surface area contributed by atoms with Gasteiger partial charge in [-0.15, -0.1) is 0 Å². The van der Waals surface area contributed by atoms with Crippen molar-refractivity contribution >= 4 is 0 Å². The summed E-state index contributed by atoms with van der Waals surface area (Å²) in [6.07, 6.45) is 4.00. The van der Waals surface area contributed by atoms with E-state index in [9.17, 15) is 0 Å². The molecule has 2 aliphatic carbocycles. The number of methoxy groups -OCH3 is 1. The van der Waals surface area contributed by atoms with E-state index in [1.54, 1.807) is 7.11 Å². The van der Waals surface area contributed by atoms with Gasteiger partial charge in [-0.3, -0.25) is 0 Å². The van der Waals surface area contributed by atoms with Crippen molar-refractivity contribution in [3.8, 4) is 5.75 Å². The lowest BCUT2D eigenvalue weighted by Gasteiger charge is -2.20. The summed E-state index contributed by atoms with van der Waals surface area (Å²) in [6.45, 7) is 0.814. The first-order valence-corrected chi connectivity index (χ1v) is 6.16. The van der Waals surface area contributed by atoms with E-state index in [1.807, 2.05) is 6.07 Å². The Morgan fingerprint density at radius 3 is 2.69 bits per heavy atom. The van der Waals surface area contributed by atoms with Crippen molar-refractivity contribution in [1.29, 1.82) is 0 Å². The van der Waals surface area contributed by atoms with Crippen molar-refractivity contribution < 1.29 is 4.74 Å². The summed E-state index contributed by atoms with van der Waals surface area (Å²) in [5, 5.41) is 0. The van der Waals surface area contributed by atoms with E-state index in [1.165, 1.54) is 24.8 Å². The molecule has 0 aromatic heterocycles. The van der Waals surface area contributed by atoms with E-state index < -0.39 is 0 Å². The third-order valence-electron chi connectivity index (χ3n) is 4.35. The van der Waals surface area contributed by atoms with Gasteiger partial charge < -0.3 is 10.5 Å². The van der Waals surface area contributed by atoms with Gasteiger partial charge in [0.05, 0.1) is 7.11 Å². The van der Waals surface area contributed by atoms with Gasteiger partial charge in [-0.25, -0.2) is 0 Å². The lowest BCUT2D eigenvalue weighted by atomic mass is 9.87. The van der Waals surface area contributed by atoms with Crippen LogP contribution in [0.2, 0.25) is 0 Å². The van der Waals surface area contributed by atoms with Crippen LogP contribution in [0.15, 0.2) is 24.3 Å². The molecule has 86 valence electrons. The Balaban J connectivity index is 2.01. The van der Waals surface area contributed by atoms with Crippen molar-refractivity contribution in [2.75, 3.05) is 13.7 Å². The maximum absolute atomic E-state index is 5.86. The van der Waals surface area contributed by atoms with Crippen LogP contribution in [0.3, 0.4) is 0 Å². The first kappa shape index (κ1) is 10.2. The Morgan fingerprint density at radius 2 is 2.12 bits per heavy atom. The summed E-state index contributed by atoms with van der Waals surface area (Å²) >= 11 is 0. The third kappa shape index (κ3) is 1.29. The smallest absolute Gasteiger partial charge is 0.122 e. The second-order valence-electron chi connectivity index (χ2n) is 5.15. The van der Waals surface area contributed by atoms with E-state index in [4.69, 9.17) is 10.5 Å². The third-order valence-corrected chi connectivity index (χ3v) is 4.35. The number of ether oxygens (including phenoxy) is 1. The van der Waals surface area contributed by atoms with Crippen LogP contribution in [0.1, 0.15) is 24.8 Å². The van der Waals surface area contributed by atoms with Gasteiger partial charge in [0.25, 0.3) is 0 Å². The number of rotatable bonds is 4. The monoisotopic (exact) mass is 217 g/mol. The van der Waals surface area contributed by atoms with Crippen LogP contribution in [-0.4, -0.2) is 13.7 Å². The lowest BCUT2D eigenvalue weighted by molar-refractivity contribution is 0.395. The fraction of sp³-hybridized carbons (Fsp3) is 0.571. The number of hydrogen-bond acceptors (Lipinski definition) is 2. The fourth-order valence-corrected chi connectivity index (χ4v) is 3.32. The van der Waals surface area contributed by atoms with E-state index in [2.05, 4.69) is 18.2 Å². The van der Waals surface area contributed by atoms with E-state index >= 15 is 0 Å². The topological polar surface area (TPSA) is 35.2 Å². The standard InChI is InChI=1S/C14H19NO/c1-16-13-5-3-2-4-12(13)14(10-6-7-10)8-11(14)9-15/h2-5,10-11H,6-9,15H2,1H3. The molecule has 0 spiro atoms. The highest BCUT2D eigenvalue weighted by Gasteiger charge is 2.62. The Kier molecular flexibility index (Phi) is 2.21. The summed E-state index contributed by atoms with van der Waals surface area (Å²) < 4.78 is 5.50. The van der Waals surface area contributed by atoms with Gasteiger partial charge >= 0.3 is 0 Å². The molecule has 2 unspecified atom stereocenters. The summed E-state index contributed by atoms with van der Waals surface area (Å²) in [5.41, 5.74) is 7.62. The second-order valence-corrected chi connectivity index (χ2v) is 5.15. The zero-order valence-electron chi connectivity index (χ0n) is 9.78. The van der Waals surface area contributed by atoms with Crippen LogP contribution in [0.5, 0.6) is 5.75 Å². The van der Waals surface area contributed by atoms with Crippen molar-refractivity contribution in [2.45, 2.75) is 24.7 Å². The van der Waals surface area contributed by atoms with Crippen molar-refractivity contribution in [3.05, 3.63) is 29.8 Å². The molecule has 3 rings (SSSR count). The normalized spacial score (nSPS) is 32.5. The molecule has 2 saturated carbocycles. The summed E-state index contributed by atoms with van der Waals surface area (Å²) in [6, 6.07) is 8.47. The molecular formula is C14H19NO. The highest BCUT2D eigenvalue weighted by molar-refractivity contribution is 5.46. The average Bonchev–Trinajstić information content (AvgIpc) is 3.19. The first-order chi connectivity index (χ1) is 7.82. The molecule has 0 radical (unpaired) electrons. The molecule has 1 aromatic rings. The molecule has 2 fully saturated rings. The predicted octanol–water partition coefficient (Wildman–Crippen LogP) is 2.32. The van der Waals surface area contributed by atoms with E-state index in [0.717, 1.165) is 18.2 Å². The molecule has 1 aromatic carbocycles. The van der Waals surface area contributed by atoms with Gasteiger partial charge in [-0.1, -0.05) is 18.2 Å². The van der Waals surface area contributed by atoms with Crippen molar-refractivity contribution in [3.63, 3.8) is 0 Å². The lowest BCUT2D eigenvalue weighted by Crippen LogP contribution is -2.18. The first-order valence-electron chi connectivity index (χ1n) is 6.16. The minimum Gasteiger partial charge on any atom is -0.496 e. The van der Waals surface area contributed by atoms with Crippen LogP contribution < -0.4 is 10.5 Å².